The molecular weight excluding hydrogens is 391 g/mol. The van der Waals surface area contributed by atoms with E-state index in [9.17, 15) is 19.2 Å². The fraction of sp³-hybridized carbons (Fsp3) is 0.167. The monoisotopic (exact) mass is 404 g/mol. The van der Waals surface area contributed by atoms with E-state index < -0.39 is 17.8 Å². The molecule has 0 fully saturated rings. The fourth-order valence-corrected chi connectivity index (χ4v) is 4.28. The molecule has 0 aliphatic heterocycles. The van der Waals surface area contributed by atoms with Crippen LogP contribution in [0.1, 0.15) is 37.4 Å². The molecule has 9 heteroatoms. The average molecular weight is 404 g/mol. The first kappa shape index (κ1) is 18.8. The van der Waals surface area contributed by atoms with Gasteiger partial charge in [0.1, 0.15) is 33.2 Å². The number of nitrogens with two attached hydrogens (primary N) is 1. The van der Waals surface area contributed by atoms with Gasteiger partial charge in [-0.25, -0.2) is 14.0 Å². The van der Waals surface area contributed by atoms with Gasteiger partial charge in [-0.15, -0.1) is 22.7 Å². The minimum atomic E-state index is -0.639. The van der Waals surface area contributed by atoms with Crippen molar-refractivity contribution in [3.8, 4) is 6.07 Å². The summed E-state index contributed by atoms with van der Waals surface area (Å²) in [7, 11) is 0. The van der Waals surface area contributed by atoms with Gasteiger partial charge < -0.3 is 15.2 Å². The number of hydrogen-bond donors (Lipinski definition) is 1. The number of ether oxygens (including phenoxy) is 2. The molecule has 1 aromatic carbocycles. The summed E-state index contributed by atoms with van der Waals surface area (Å²) in [4.78, 5) is 24.8. The zero-order valence-corrected chi connectivity index (χ0v) is 15.7. The van der Waals surface area contributed by atoms with E-state index in [2.05, 4.69) is 0 Å². The predicted octanol–water partition coefficient (Wildman–Crippen LogP) is 4.09. The van der Waals surface area contributed by atoms with Gasteiger partial charge in [-0.1, -0.05) is 0 Å². The third-order valence-corrected chi connectivity index (χ3v) is 5.77. The van der Waals surface area contributed by atoms with E-state index in [1.165, 1.54) is 18.2 Å². The fourth-order valence-electron chi connectivity index (χ4n) is 2.43. The summed E-state index contributed by atoms with van der Waals surface area (Å²) in [5.41, 5.74) is 6.10. The molecule has 3 aromatic rings. The Kier molecular flexibility index (Phi) is 5.39. The first-order chi connectivity index (χ1) is 12.9. The largest absolute Gasteiger partial charge is 0.462 e. The van der Waals surface area contributed by atoms with Crippen LogP contribution in [-0.4, -0.2) is 18.5 Å². The number of thiophene rings is 2. The Morgan fingerprint density at radius 3 is 2.70 bits per heavy atom. The molecule has 0 radical (unpaired) electrons. The molecule has 3 rings (SSSR count). The predicted molar refractivity (Wildman–Crippen MR) is 100 cm³/mol. The van der Waals surface area contributed by atoms with Gasteiger partial charge in [0.2, 0.25) is 0 Å². The molecule has 0 saturated heterocycles. The van der Waals surface area contributed by atoms with Gasteiger partial charge in [0, 0.05) is 10.3 Å². The van der Waals surface area contributed by atoms with Crippen LogP contribution in [0.15, 0.2) is 24.3 Å². The summed E-state index contributed by atoms with van der Waals surface area (Å²) < 4.78 is 24.3. The van der Waals surface area contributed by atoms with Crippen molar-refractivity contribution in [2.75, 3.05) is 12.3 Å². The molecule has 6 nitrogen and oxygen atoms in total. The normalized spacial score (nSPS) is 10.6. The number of esters is 2. The molecule has 2 N–H and O–H groups in total. The topological polar surface area (TPSA) is 102 Å². The second-order valence-electron chi connectivity index (χ2n) is 5.35. The van der Waals surface area contributed by atoms with Crippen LogP contribution in [0.2, 0.25) is 0 Å². The van der Waals surface area contributed by atoms with Gasteiger partial charge in [-0.3, -0.25) is 0 Å². The number of rotatable bonds is 5. The lowest BCUT2D eigenvalue weighted by Crippen LogP contribution is -2.09. The second-order valence-corrected chi connectivity index (χ2v) is 7.49. The standard InChI is InChI=1S/C18H13FN2O4S2/c1-2-24-18(23)15-12(11(7-20)16(21)27-15)8-25-17(22)14-6-9-5-10(19)3-4-13(9)26-14/h3-6H,2,8,21H2,1H3. The van der Waals surface area contributed by atoms with Gasteiger partial charge in [0.25, 0.3) is 0 Å². The van der Waals surface area contributed by atoms with Crippen LogP contribution in [0.3, 0.4) is 0 Å². The zero-order chi connectivity index (χ0) is 19.6. The maximum atomic E-state index is 13.3. The summed E-state index contributed by atoms with van der Waals surface area (Å²) in [5.74, 6) is -1.66. The van der Waals surface area contributed by atoms with E-state index in [1.807, 2.05) is 6.07 Å². The van der Waals surface area contributed by atoms with Crippen LogP contribution in [0.4, 0.5) is 9.39 Å². The van der Waals surface area contributed by atoms with E-state index in [0.717, 1.165) is 27.4 Å². The Bertz CT molecular complexity index is 1080. The van der Waals surface area contributed by atoms with Gasteiger partial charge in [0.05, 0.1) is 12.2 Å². The zero-order valence-electron chi connectivity index (χ0n) is 14.1. The quantitative estimate of drug-likeness (QED) is 0.643. The van der Waals surface area contributed by atoms with Crippen molar-refractivity contribution in [2.24, 2.45) is 0 Å². The smallest absolute Gasteiger partial charge is 0.348 e. The van der Waals surface area contributed by atoms with Crippen molar-refractivity contribution < 1.29 is 23.5 Å². The second kappa shape index (κ2) is 7.73. The molecule has 2 heterocycles. The van der Waals surface area contributed by atoms with Gasteiger partial charge in [-0.05, 0) is 36.6 Å². The number of nitrogen functional groups attached to an aromatic ring is 1. The number of carbonyl (C=O) groups is 2. The SMILES string of the molecule is CCOC(=O)c1sc(N)c(C#N)c1COC(=O)c1cc2cc(F)ccc2s1. The lowest BCUT2D eigenvalue weighted by atomic mass is 10.1. The Labute approximate surface area is 161 Å². The molecule has 0 bridgehead atoms. The summed E-state index contributed by atoms with van der Waals surface area (Å²) in [6, 6.07) is 7.67. The highest BCUT2D eigenvalue weighted by Gasteiger charge is 2.24. The number of hydrogen-bond acceptors (Lipinski definition) is 8. The number of carbonyl (C=O) groups excluding carboxylic acids is 2. The first-order valence-electron chi connectivity index (χ1n) is 7.79. The van der Waals surface area contributed by atoms with Gasteiger partial charge in [0.15, 0.2) is 0 Å². The van der Waals surface area contributed by atoms with Crippen LogP contribution >= 0.6 is 22.7 Å². The summed E-state index contributed by atoms with van der Waals surface area (Å²) in [6.07, 6.45) is 0. The third-order valence-electron chi connectivity index (χ3n) is 3.63. The van der Waals surface area contributed by atoms with Crippen molar-refractivity contribution in [1.29, 1.82) is 5.26 Å². The molecule has 0 atom stereocenters. The van der Waals surface area contributed by atoms with E-state index >= 15 is 0 Å². The van der Waals surface area contributed by atoms with Gasteiger partial charge in [-0.2, -0.15) is 5.26 Å². The number of benzene rings is 1. The number of fused-ring (bicyclic) bond motifs is 1. The van der Waals surface area contributed by atoms with Crippen LogP contribution in [0.5, 0.6) is 0 Å². The molecule has 0 aliphatic carbocycles. The Morgan fingerprint density at radius 2 is 2.00 bits per heavy atom. The van der Waals surface area contributed by atoms with Crippen molar-refractivity contribution in [3.05, 3.63) is 51.0 Å². The molecule has 0 spiro atoms. The molecule has 0 unspecified atom stereocenters. The van der Waals surface area contributed by atoms with Crippen LogP contribution in [0, 0.1) is 17.1 Å². The van der Waals surface area contributed by atoms with E-state index in [4.69, 9.17) is 15.2 Å². The minimum absolute atomic E-state index is 0.0919. The molecule has 0 aliphatic rings. The summed E-state index contributed by atoms with van der Waals surface area (Å²) >= 11 is 2.08. The van der Waals surface area contributed by atoms with Crippen LogP contribution in [-0.2, 0) is 16.1 Å². The number of nitrogens with zero attached hydrogens (tertiary/aromatic N) is 1. The number of nitriles is 1. The van der Waals surface area contributed by atoms with Gasteiger partial charge >= 0.3 is 11.9 Å². The Morgan fingerprint density at radius 1 is 1.22 bits per heavy atom. The molecule has 0 amide bonds. The van der Waals surface area contributed by atoms with Crippen molar-refractivity contribution in [2.45, 2.75) is 13.5 Å². The Balaban J connectivity index is 1.83. The average Bonchev–Trinajstić information content (AvgIpc) is 3.20. The first-order valence-corrected chi connectivity index (χ1v) is 9.42. The lowest BCUT2D eigenvalue weighted by molar-refractivity contribution is 0.0457. The molecule has 138 valence electrons. The number of halogens is 1. The highest BCUT2D eigenvalue weighted by molar-refractivity contribution is 7.20. The Hall–Kier alpha value is -2.96. The van der Waals surface area contributed by atoms with Crippen LogP contribution in [0.25, 0.3) is 10.1 Å². The molecule has 27 heavy (non-hydrogen) atoms. The van der Waals surface area contributed by atoms with Crippen molar-refractivity contribution in [1.82, 2.24) is 0 Å². The highest BCUT2D eigenvalue weighted by Crippen LogP contribution is 2.32. The minimum Gasteiger partial charge on any atom is -0.462 e. The van der Waals surface area contributed by atoms with E-state index in [0.29, 0.717) is 5.39 Å². The summed E-state index contributed by atoms with van der Waals surface area (Å²) in [6.45, 7) is 1.52. The van der Waals surface area contributed by atoms with Crippen molar-refractivity contribution >= 4 is 49.7 Å². The van der Waals surface area contributed by atoms with Crippen molar-refractivity contribution in [3.63, 3.8) is 0 Å². The maximum absolute atomic E-state index is 13.3. The van der Waals surface area contributed by atoms with E-state index in [-0.39, 0.29) is 39.1 Å². The van der Waals surface area contributed by atoms with E-state index in [1.54, 1.807) is 13.0 Å². The van der Waals surface area contributed by atoms with Crippen LogP contribution < -0.4 is 5.73 Å². The molecular formula is C18H13FN2O4S2. The highest BCUT2D eigenvalue weighted by atomic mass is 32.1. The maximum Gasteiger partial charge on any atom is 0.348 e. The lowest BCUT2D eigenvalue weighted by Gasteiger charge is -2.05. The summed E-state index contributed by atoms with van der Waals surface area (Å²) in [5, 5.41) is 10.0. The number of anilines is 1. The molecule has 0 saturated carbocycles. The third kappa shape index (κ3) is 3.77. The molecule has 2 aromatic heterocycles.